The van der Waals surface area contributed by atoms with E-state index in [9.17, 15) is 13.2 Å². The average Bonchev–Trinajstić information content (AvgIpc) is 2.25. The topological polar surface area (TPSA) is 12.0 Å². The van der Waals surface area contributed by atoms with Crippen LogP contribution in [0.1, 0.15) is 5.56 Å². The van der Waals surface area contributed by atoms with Crippen LogP contribution < -0.4 is 5.32 Å². The van der Waals surface area contributed by atoms with Crippen molar-refractivity contribution in [3.8, 4) is 0 Å². The molecule has 0 radical (unpaired) electrons. The lowest BCUT2D eigenvalue weighted by Crippen LogP contribution is -2.12. The molecule has 1 aromatic rings. The molecule has 0 amide bonds. The second-order valence-electron chi connectivity index (χ2n) is 3.07. The minimum Gasteiger partial charge on any atom is -0.378 e. The summed E-state index contributed by atoms with van der Waals surface area (Å²) < 4.78 is 38.0. The Morgan fingerprint density at radius 2 is 2.00 bits per heavy atom. The Kier molecular flexibility index (Phi) is 4.98. The summed E-state index contributed by atoms with van der Waals surface area (Å²) in [5.41, 5.74) is 0.0148. The van der Waals surface area contributed by atoms with Crippen LogP contribution in [0, 0.1) is 0 Å². The zero-order valence-corrected chi connectivity index (χ0v) is 10.6. The minimum absolute atomic E-state index is 0.0288. The van der Waals surface area contributed by atoms with E-state index in [2.05, 4.69) is 5.32 Å². The predicted octanol–water partition coefficient (Wildman–Crippen LogP) is 5.09. The van der Waals surface area contributed by atoms with Gasteiger partial charge in [0.2, 0.25) is 0 Å². The van der Waals surface area contributed by atoms with Crippen LogP contribution in [0.15, 0.2) is 28.8 Å². The Morgan fingerprint density at radius 1 is 1.35 bits per heavy atom. The molecule has 0 atom stereocenters. The van der Waals surface area contributed by atoms with Crippen molar-refractivity contribution >= 4 is 40.5 Å². The Bertz CT molecular complexity index is 429. The Morgan fingerprint density at radius 3 is 2.53 bits per heavy atom. The van der Waals surface area contributed by atoms with Crippen LogP contribution in [-0.4, -0.2) is 6.54 Å². The smallest absolute Gasteiger partial charge is 0.378 e. The monoisotopic (exact) mass is 303 g/mol. The summed E-state index contributed by atoms with van der Waals surface area (Å²) in [4.78, 5) is 0. The lowest BCUT2D eigenvalue weighted by molar-refractivity contribution is -0.136. The Labute approximate surface area is 111 Å². The number of rotatable bonds is 3. The zero-order chi connectivity index (χ0) is 13.1. The molecule has 0 heterocycles. The highest BCUT2D eigenvalue weighted by atomic mass is 35.5. The molecule has 7 heteroatoms. The van der Waals surface area contributed by atoms with Crippen LogP contribution >= 0.6 is 34.8 Å². The molecule has 0 spiro atoms. The van der Waals surface area contributed by atoms with E-state index >= 15 is 0 Å². The number of nitrogens with one attached hydrogen (secondary N) is 1. The van der Waals surface area contributed by atoms with Crippen LogP contribution in [0.5, 0.6) is 0 Å². The zero-order valence-electron chi connectivity index (χ0n) is 8.28. The molecule has 0 aliphatic heterocycles. The maximum absolute atomic E-state index is 12.7. The standard InChI is InChI=1S/C10H7Cl3F3N/c11-4-6(12)5-17-9-7(10(14,15)16)2-1-3-8(9)13/h1-4,17H,5H2. The van der Waals surface area contributed by atoms with Crippen molar-refractivity contribution in [3.05, 3.63) is 39.4 Å². The third-order valence-corrected chi connectivity index (χ3v) is 2.80. The number of alkyl halides is 3. The first kappa shape index (κ1) is 14.5. The summed E-state index contributed by atoms with van der Waals surface area (Å²) in [7, 11) is 0. The van der Waals surface area contributed by atoms with E-state index in [1.54, 1.807) is 0 Å². The third-order valence-electron chi connectivity index (χ3n) is 1.87. The maximum Gasteiger partial charge on any atom is 0.418 e. The molecule has 1 aromatic carbocycles. The van der Waals surface area contributed by atoms with E-state index < -0.39 is 11.7 Å². The van der Waals surface area contributed by atoms with Gasteiger partial charge in [-0.15, -0.1) is 0 Å². The molecule has 0 aliphatic rings. The van der Waals surface area contributed by atoms with Gasteiger partial charge in [0.05, 0.1) is 22.8 Å². The molecule has 0 unspecified atom stereocenters. The van der Waals surface area contributed by atoms with Crippen molar-refractivity contribution in [1.29, 1.82) is 0 Å². The summed E-state index contributed by atoms with van der Waals surface area (Å²) in [6.07, 6.45) is -4.48. The van der Waals surface area contributed by atoms with Gasteiger partial charge < -0.3 is 5.32 Å². The highest BCUT2D eigenvalue weighted by molar-refractivity contribution is 6.37. The average molecular weight is 305 g/mol. The van der Waals surface area contributed by atoms with Gasteiger partial charge in [0.25, 0.3) is 0 Å². The molecule has 94 valence electrons. The first-order chi connectivity index (χ1) is 7.86. The fraction of sp³-hybridized carbons (Fsp3) is 0.200. The molecule has 0 aromatic heterocycles. The fourth-order valence-corrected chi connectivity index (χ4v) is 1.54. The van der Waals surface area contributed by atoms with E-state index in [0.29, 0.717) is 0 Å². The molecule has 17 heavy (non-hydrogen) atoms. The van der Waals surface area contributed by atoms with Gasteiger partial charge >= 0.3 is 6.18 Å². The summed E-state index contributed by atoms with van der Waals surface area (Å²) in [5.74, 6) is 0. The van der Waals surface area contributed by atoms with Crippen molar-refractivity contribution in [2.24, 2.45) is 0 Å². The highest BCUT2D eigenvalue weighted by Gasteiger charge is 2.34. The van der Waals surface area contributed by atoms with E-state index in [1.165, 1.54) is 12.1 Å². The molecular formula is C10H7Cl3F3N. The van der Waals surface area contributed by atoms with Crippen molar-refractivity contribution < 1.29 is 13.2 Å². The maximum atomic E-state index is 12.7. The van der Waals surface area contributed by atoms with Crippen LogP contribution in [-0.2, 0) is 6.18 Å². The number of anilines is 1. The van der Waals surface area contributed by atoms with E-state index in [1.807, 2.05) is 0 Å². The lowest BCUT2D eigenvalue weighted by Gasteiger charge is -2.15. The third kappa shape index (κ3) is 3.98. The summed E-state index contributed by atoms with van der Waals surface area (Å²) in [6.45, 7) is -0.0299. The fourth-order valence-electron chi connectivity index (χ4n) is 1.15. The van der Waals surface area contributed by atoms with E-state index in [-0.39, 0.29) is 22.3 Å². The predicted molar refractivity (Wildman–Crippen MR) is 64.7 cm³/mol. The van der Waals surface area contributed by atoms with Crippen molar-refractivity contribution in [3.63, 3.8) is 0 Å². The van der Waals surface area contributed by atoms with Gasteiger partial charge in [0.1, 0.15) is 0 Å². The lowest BCUT2D eigenvalue weighted by atomic mass is 10.1. The summed E-state index contributed by atoms with van der Waals surface area (Å²) in [6, 6.07) is 3.53. The molecule has 0 bridgehead atoms. The minimum atomic E-state index is -4.48. The number of hydrogen-bond acceptors (Lipinski definition) is 1. The first-order valence-corrected chi connectivity index (χ1v) is 5.60. The van der Waals surface area contributed by atoms with Gasteiger partial charge in [-0.2, -0.15) is 13.2 Å². The van der Waals surface area contributed by atoms with Crippen LogP contribution in [0.25, 0.3) is 0 Å². The molecular weight excluding hydrogens is 297 g/mol. The van der Waals surface area contributed by atoms with Gasteiger partial charge in [-0.05, 0) is 12.1 Å². The second kappa shape index (κ2) is 5.85. The summed E-state index contributed by atoms with van der Waals surface area (Å²) >= 11 is 16.6. The normalized spacial score (nSPS) is 12.7. The molecule has 1 N–H and O–H groups in total. The summed E-state index contributed by atoms with van der Waals surface area (Å²) in [5, 5.41) is 2.65. The molecule has 1 nitrogen and oxygen atoms in total. The first-order valence-electron chi connectivity index (χ1n) is 4.40. The molecule has 0 aliphatic carbocycles. The van der Waals surface area contributed by atoms with Crippen molar-refractivity contribution in [2.45, 2.75) is 6.18 Å². The van der Waals surface area contributed by atoms with E-state index in [4.69, 9.17) is 34.8 Å². The molecule has 0 saturated heterocycles. The molecule has 0 saturated carbocycles. The number of para-hydroxylation sites is 1. The quantitative estimate of drug-likeness (QED) is 0.820. The van der Waals surface area contributed by atoms with Crippen molar-refractivity contribution in [1.82, 2.24) is 0 Å². The van der Waals surface area contributed by atoms with Crippen molar-refractivity contribution in [2.75, 3.05) is 11.9 Å². The second-order valence-corrected chi connectivity index (χ2v) is 4.18. The van der Waals surface area contributed by atoms with Crippen LogP contribution in [0.4, 0.5) is 18.9 Å². The SMILES string of the molecule is FC(F)(F)c1cccc(Cl)c1NCC(Cl)=CCl. The molecule has 1 rings (SSSR count). The van der Waals surface area contributed by atoms with Gasteiger partial charge in [-0.1, -0.05) is 40.9 Å². The Hall–Kier alpha value is -0.580. The van der Waals surface area contributed by atoms with Gasteiger partial charge in [-0.25, -0.2) is 0 Å². The Balaban J connectivity index is 3.05. The van der Waals surface area contributed by atoms with E-state index in [0.717, 1.165) is 11.6 Å². The molecule has 0 fully saturated rings. The van der Waals surface area contributed by atoms with Crippen LogP contribution in [0.3, 0.4) is 0 Å². The number of benzene rings is 1. The largest absolute Gasteiger partial charge is 0.418 e. The van der Waals surface area contributed by atoms with Gasteiger partial charge in [0, 0.05) is 10.6 Å². The van der Waals surface area contributed by atoms with Crippen LogP contribution in [0.2, 0.25) is 5.02 Å². The van der Waals surface area contributed by atoms with Gasteiger partial charge in [0.15, 0.2) is 0 Å². The van der Waals surface area contributed by atoms with Gasteiger partial charge in [-0.3, -0.25) is 0 Å². The number of hydrogen-bond donors (Lipinski definition) is 1. The number of halogens is 6. The highest BCUT2D eigenvalue weighted by Crippen LogP contribution is 2.38.